The van der Waals surface area contributed by atoms with Crippen molar-refractivity contribution < 1.29 is 12.8 Å². The summed E-state index contributed by atoms with van der Waals surface area (Å²) in [5, 5.41) is -0.141. The summed E-state index contributed by atoms with van der Waals surface area (Å²) >= 11 is 5.90. The molecular formula is C17H18ClFN2O2S. The highest BCUT2D eigenvalue weighted by atomic mass is 35.5. The fraction of sp³-hybridized carbons (Fsp3) is 0.294. The van der Waals surface area contributed by atoms with Crippen LogP contribution in [0, 0.1) is 5.82 Å². The minimum absolute atomic E-state index is 0.140. The van der Waals surface area contributed by atoms with Gasteiger partial charge in [0.2, 0.25) is 0 Å². The first-order valence-electron chi connectivity index (χ1n) is 7.79. The Morgan fingerprint density at radius 1 is 1.04 bits per heavy atom. The van der Waals surface area contributed by atoms with Gasteiger partial charge >= 0.3 is 0 Å². The fourth-order valence-electron chi connectivity index (χ4n) is 2.86. The number of para-hydroxylation sites is 2. The van der Waals surface area contributed by atoms with Crippen LogP contribution in [0.5, 0.6) is 0 Å². The van der Waals surface area contributed by atoms with Gasteiger partial charge in [0, 0.05) is 13.1 Å². The second kappa shape index (κ2) is 6.99. The summed E-state index contributed by atoms with van der Waals surface area (Å²) in [5.74, 6) is -0.576. The molecule has 4 nitrogen and oxygen atoms in total. The molecule has 1 N–H and O–H groups in total. The van der Waals surface area contributed by atoms with Crippen LogP contribution in [0.4, 0.5) is 15.8 Å². The lowest BCUT2D eigenvalue weighted by Crippen LogP contribution is -2.30. The molecule has 1 fully saturated rings. The van der Waals surface area contributed by atoms with Crippen molar-refractivity contribution in [3.05, 3.63) is 53.3 Å². The monoisotopic (exact) mass is 368 g/mol. The first-order valence-corrected chi connectivity index (χ1v) is 9.65. The van der Waals surface area contributed by atoms with Gasteiger partial charge in [-0.15, -0.1) is 0 Å². The molecule has 0 spiro atoms. The van der Waals surface area contributed by atoms with E-state index in [0.717, 1.165) is 43.8 Å². The third-order valence-corrected chi connectivity index (χ3v) is 5.88. The van der Waals surface area contributed by atoms with Crippen LogP contribution >= 0.6 is 11.6 Å². The zero-order valence-electron chi connectivity index (χ0n) is 13.0. The molecule has 128 valence electrons. The summed E-state index contributed by atoms with van der Waals surface area (Å²) in [5.41, 5.74) is 1.35. The second-order valence-corrected chi connectivity index (χ2v) is 7.80. The molecule has 1 aliphatic rings. The standard InChI is InChI=1S/C17H18ClFN2O2S/c18-14-12-13(19)8-9-17(14)24(22,23)20-15-6-2-3-7-16(15)21-10-4-1-5-11-21/h2-3,6-9,12,20H,1,4-5,10-11H2. The summed E-state index contributed by atoms with van der Waals surface area (Å²) in [4.78, 5) is 2.03. The van der Waals surface area contributed by atoms with Gasteiger partial charge < -0.3 is 4.90 Å². The first kappa shape index (κ1) is 17.0. The lowest BCUT2D eigenvalue weighted by molar-refractivity contribution is 0.578. The zero-order valence-corrected chi connectivity index (χ0v) is 14.6. The molecule has 3 rings (SSSR count). The van der Waals surface area contributed by atoms with Crippen molar-refractivity contribution in [2.75, 3.05) is 22.7 Å². The smallest absolute Gasteiger partial charge is 0.263 e. The summed E-state index contributed by atoms with van der Waals surface area (Å²) in [6.45, 7) is 1.80. The lowest BCUT2D eigenvalue weighted by atomic mass is 10.1. The van der Waals surface area contributed by atoms with Crippen molar-refractivity contribution in [3.8, 4) is 0 Å². The van der Waals surface area contributed by atoms with Gasteiger partial charge in [0.15, 0.2) is 0 Å². The molecule has 7 heteroatoms. The van der Waals surface area contributed by atoms with Crippen LogP contribution < -0.4 is 9.62 Å². The molecule has 24 heavy (non-hydrogen) atoms. The topological polar surface area (TPSA) is 49.4 Å². The Morgan fingerprint density at radius 2 is 1.75 bits per heavy atom. The van der Waals surface area contributed by atoms with Gasteiger partial charge in [-0.1, -0.05) is 23.7 Å². The minimum atomic E-state index is -3.90. The third-order valence-electron chi connectivity index (χ3n) is 4.03. The molecule has 1 heterocycles. The van der Waals surface area contributed by atoms with Gasteiger partial charge in [0.1, 0.15) is 10.7 Å². The van der Waals surface area contributed by atoms with E-state index < -0.39 is 15.8 Å². The molecule has 0 atom stereocenters. The molecule has 1 aliphatic heterocycles. The van der Waals surface area contributed by atoms with Crippen LogP contribution in [0.2, 0.25) is 5.02 Å². The molecule has 0 bridgehead atoms. The molecule has 0 radical (unpaired) electrons. The number of halogens is 2. The van der Waals surface area contributed by atoms with Crippen LogP contribution in [0.1, 0.15) is 19.3 Å². The van der Waals surface area contributed by atoms with E-state index >= 15 is 0 Å². The van der Waals surface area contributed by atoms with E-state index in [1.807, 2.05) is 12.1 Å². The van der Waals surface area contributed by atoms with E-state index in [2.05, 4.69) is 9.62 Å². The highest BCUT2D eigenvalue weighted by Crippen LogP contribution is 2.31. The normalized spacial score (nSPS) is 15.3. The van der Waals surface area contributed by atoms with Crippen LogP contribution in [-0.2, 0) is 10.0 Å². The second-order valence-electron chi connectivity index (χ2n) is 5.75. The molecule has 2 aromatic rings. The van der Waals surface area contributed by atoms with Crippen LogP contribution in [0.3, 0.4) is 0 Å². The Morgan fingerprint density at radius 3 is 2.46 bits per heavy atom. The number of rotatable bonds is 4. The van der Waals surface area contributed by atoms with Gasteiger partial charge in [0.25, 0.3) is 10.0 Å². The van der Waals surface area contributed by atoms with Crippen LogP contribution in [0.15, 0.2) is 47.4 Å². The predicted molar refractivity (Wildman–Crippen MR) is 94.7 cm³/mol. The number of hydrogen-bond donors (Lipinski definition) is 1. The number of piperidine rings is 1. The van der Waals surface area contributed by atoms with E-state index in [0.29, 0.717) is 5.69 Å². The van der Waals surface area contributed by atoms with Gasteiger partial charge in [0.05, 0.1) is 16.4 Å². The quantitative estimate of drug-likeness (QED) is 0.876. The Labute approximate surface area is 146 Å². The predicted octanol–water partition coefficient (Wildman–Crippen LogP) is 4.27. The van der Waals surface area contributed by atoms with E-state index in [1.165, 1.54) is 12.5 Å². The maximum absolute atomic E-state index is 13.2. The Bertz CT molecular complexity index is 836. The molecule has 2 aromatic carbocycles. The molecular weight excluding hydrogens is 351 g/mol. The lowest BCUT2D eigenvalue weighted by Gasteiger charge is -2.30. The molecule has 0 aromatic heterocycles. The Balaban J connectivity index is 1.93. The molecule has 0 amide bonds. The number of anilines is 2. The van der Waals surface area contributed by atoms with Gasteiger partial charge in [-0.05, 0) is 49.6 Å². The summed E-state index contributed by atoms with van der Waals surface area (Å²) in [7, 11) is -3.90. The van der Waals surface area contributed by atoms with E-state index in [4.69, 9.17) is 11.6 Å². The van der Waals surface area contributed by atoms with Gasteiger partial charge in [-0.3, -0.25) is 4.72 Å². The summed E-state index contributed by atoms with van der Waals surface area (Å²) in [6, 6.07) is 10.5. The molecule has 0 unspecified atom stereocenters. The van der Waals surface area contributed by atoms with E-state index in [-0.39, 0.29) is 9.92 Å². The number of nitrogens with zero attached hydrogens (tertiary/aromatic N) is 1. The summed E-state index contributed by atoms with van der Waals surface area (Å²) in [6.07, 6.45) is 3.37. The number of sulfonamides is 1. The van der Waals surface area contributed by atoms with Crippen molar-refractivity contribution >= 4 is 33.0 Å². The SMILES string of the molecule is O=S(=O)(Nc1ccccc1N1CCCCC1)c1ccc(F)cc1Cl. The number of benzene rings is 2. The molecule has 1 saturated heterocycles. The van der Waals surface area contributed by atoms with E-state index in [1.54, 1.807) is 12.1 Å². The maximum Gasteiger partial charge on any atom is 0.263 e. The van der Waals surface area contributed by atoms with E-state index in [9.17, 15) is 12.8 Å². The first-order chi connectivity index (χ1) is 11.5. The minimum Gasteiger partial charge on any atom is -0.370 e. The van der Waals surface area contributed by atoms with Gasteiger partial charge in [-0.2, -0.15) is 0 Å². The maximum atomic E-state index is 13.2. The van der Waals surface area contributed by atoms with Crippen LogP contribution in [-0.4, -0.2) is 21.5 Å². The van der Waals surface area contributed by atoms with Crippen molar-refractivity contribution in [3.63, 3.8) is 0 Å². The Hall–Kier alpha value is -1.79. The zero-order chi connectivity index (χ0) is 17.2. The number of nitrogens with one attached hydrogen (secondary N) is 1. The van der Waals surface area contributed by atoms with Crippen molar-refractivity contribution in [2.45, 2.75) is 24.2 Å². The fourth-order valence-corrected chi connectivity index (χ4v) is 4.47. The molecule has 0 aliphatic carbocycles. The number of hydrogen-bond acceptors (Lipinski definition) is 3. The van der Waals surface area contributed by atoms with Crippen molar-refractivity contribution in [2.24, 2.45) is 0 Å². The highest BCUT2D eigenvalue weighted by Gasteiger charge is 2.21. The Kier molecular flexibility index (Phi) is 4.96. The summed E-state index contributed by atoms with van der Waals surface area (Å²) < 4.78 is 41.0. The largest absolute Gasteiger partial charge is 0.370 e. The third kappa shape index (κ3) is 3.65. The average molecular weight is 369 g/mol. The van der Waals surface area contributed by atoms with Gasteiger partial charge in [-0.25, -0.2) is 12.8 Å². The van der Waals surface area contributed by atoms with Crippen molar-refractivity contribution in [1.82, 2.24) is 0 Å². The van der Waals surface area contributed by atoms with Crippen molar-refractivity contribution in [1.29, 1.82) is 0 Å². The molecule has 0 saturated carbocycles. The average Bonchev–Trinajstić information content (AvgIpc) is 2.55. The highest BCUT2D eigenvalue weighted by molar-refractivity contribution is 7.92. The van der Waals surface area contributed by atoms with Crippen LogP contribution in [0.25, 0.3) is 0 Å².